The van der Waals surface area contributed by atoms with Crippen molar-refractivity contribution in [1.82, 2.24) is 15.3 Å². The minimum Gasteiger partial charge on any atom is -0.507 e. The zero-order valence-corrected chi connectivity index (χ0v) is 18.0. The summed E-state index contributed by atoms with van der Waals surface area (Å²) in [5, 5.41) is 14.1. The number of piperazine rings is 1. The summed E-state index contributed by atoms with van der Waals surface area (Å²) in [6, 6.07) is 3.26. The number of hydrogen-bond donors (Lipinski definition) is 2. The van der Waals surface area contributed by atoms with E-state index in [2.05, 4.69) is 20.2 Å². The number of ether oxygens (including phenoxy) is 1. The maximum Gasteiger partial charge on any atom is 0.417 e. The monoisotopic (exact) mass is 462 g/mol. The Bertz CT molecular complexity index is 1250. The lowest BCUT2D eigenvalue weighted by molar-refractivity contribution is -0.137. The first-order valence-corrected chi connectivity index (χ1v) is 10.7. The van der Waals surface area contributed by atoms with Crippen molar-refractivity contribution in [1.29, 1.82) is 0 Å². The van der Waals surface area contributed by atoms with Gasteiger partial charge in [0.15, 0.2) is 5.82 Å². The molecule has 0 spiro atoms. The zero-order chi connectivity index (χ0) is 23.5. The molecule has 2 atom stereocenters. The average molecular weight is 462 g/mol. The van der Waals surface area contributed by atoms with E-state index < -0.39 is 28.9 Å². The Morgan fingerprint density at radius 2 is 2.00 bits per heavy atom. The van der Waals surface area contributed by atoms with Crippen LogP contribution in [0, 0.1) is 12.7 Å². The third-order valence-electron chi connectivity index (χ3n) is 6.38. The Morgan fingerprint density at radius 1 is 1.21 bits per heavy atom. The van der Waals surface area contributed by atoms with E-state index in [0.717, 1.165) is 18.2 Å². The molecule has 33 heavy (non-hydrogen) atoms. The molecular weight excluding hydrogens is 440 g/mol. The van der Waals surface area contributed by atoms with Crippen LogP contribution >= 0.6 is 0 Å². The van der Waals surface area contributed by atoms with Crippen LogP contribution in [0.25, 0.3) is 22.0 Å². The lowest BCUT2D eigenvalue weighted by Gasteiger charge is -2.41. The SMILES string of the molecule is Cc1c(-c2c(O)cccc2C(F)(F)F)c(F)c2ncnc3c2c1OCC[C@H]1CN[C@H](C)CN31. The van der Waals surface area contributed by atoms with Gasteiger partial charge in [0, 0.05) is 48.3 Å². The number of phenols is 1. The third-order valence-corrected chi connectivity index (χ3v) is 6.38. The number of hydrogen-bond acceptors (Lipinski definition) is 6. The van der Waals surface area contributed by atoms with Crippen molar-refractivity contribution in [3.8, 4) is 22.6 Å². The molecule has 2 aliphatic heterocycles. The largest absolute Gasteiger partial charge is 0.507 e. The molecule has 6 nitrogen and oxygen atoms in total. The molecule has 0 saturated carbocycles. The standard InChI is InChI=1S/C23H22F4N4O2/c1-11-9-31-13(8-28-11)6-7-33-21-12(2)16(19(24)20-18(21)22(31)30-10-29-20)17-14(23(25,26)27)4-3-5-15(17)32/h3-5,10-11,13,28,32H,6-9H2,1-2H3/t11-,13+/m1/s1. The van der Waals surface area contributed by atoms with Gasteiger partial charge in [0.05, 0.1) is 17.6 Å². The highest BCUT2D eigenvalue weighted by molar-refractivity contribution is 6.01. The van der Waals surface area contributed by atoms with Crippen molar-refractivity contribution in [3.63, 3.8) is 0 Å². The second-order valence-corrected chi connectivity index (χ2v) is 8.51. The summed E-state index contributed by atoms with van der Waals surface area (Å²) in [7, 11) is 0. The fraction of sp³-hybridized carbons (Fsp3) is 0.391. The summed E-state index contributed by atoms with van der Waals surface area (Å²) in [4.78, 5) is 10.6. The van der Waals surface area contributed by atoms with Gasteiger partial charge in [-0.3, -0.25) is 0 Å². The molecule has 0 bridgehead atoms. The predicted molar refractivity (Wildman–Crippen MR) is 115 cm³/mol. The third kappa shape index (κ3) is 3.43. The number of alkyl halides is 3. The highest BCUT2D eigenvalue weighted by Gasteiger charge is 2.38. The van der Waals surface area contributed by atoms with E-state index in [4.69, 9.17) is 4.74 Å². The van der Waals surface area contributed by atoms with Crippen LogP contribution in [0.5, 0.6) is 11.5 Å². The summed E-state index contributed by atoms with van der Waals surface area (Å²) >= 11 is 0. The summed E-state index contributed by atoms with van der Waals surface area (Å²) in [6.45, 7) is 5.17. The molecule has 1 saturated heterocycles. The Morgan fingerprint density at radius 3 is 2.76 bits per heavy atom. The van der Waals surface area contributed by atoms with Crippen molar-refractivity contribution < 1.29 is 27.4 Å². The molecule has 0 radical (unpaired) electrons. The number of nitrogens with one attached hydrogen (secondary N) is 1. The van der Waals surface area contributed by atoms with Crippen LogP contribution in [0.1, 0.15) is 24.5 Å². The summed E-state index contributed by atoms with van der Waals surface area (Å²) in [5.74, 6) is -0.895. The molecule has 3 aromatic rings. The number of anilines is 1. The minimum atomic E-state index is -4.80. The van der Waals surface area contributed by atoms with Gasteiger partial charge in [0.25, 0.3) is 0 Å². The van der Waals surface area contributed by atoms with Crippen molar-refractivity contribution in [2.24, 2.45) is 0 Å². The zero-order valence-electron chi connectivity index (χ0n) is 18.0. The lowest BCUT2D eigenvalue weighted by Crippen LogP contribution is -2.56. The van der Waals surface area contributed by atoms with Crippen LogP contribution in [0.4, 0.5) is 23.4 Å². The molecule has 3 heterocycles. The van der Waals surface area contributed by atoms with Gasteiger partial charge in [-0.2, -0.15) is 13.2 Å². The van der Waals surface area contributed by atoms with Crippen LogP contribution in [0.3, 0.4) is 0 Å². The van der Waals surface area contributed by atoms with Crippen LogP contribution in [-0.2, 0) is 6.18 Å². The number of fused-ring (bicyclic) bond motifs is 2. The highest BCUT2D eigenvalue weighted by Crippen LogP contribution is 2.49. The second-order valence-electron chi connectivity index (χ2n) is 8.51. The van der Waals surface area contributed by atoms with Crippen LogP contribution < -0.4 is 15.0 Å². The van der Waals surface area contributed by atoms with Gasteiger partial charge in [-0.15, -0.1) is 0 Å². The van der Waals surface area contributed by atoms with Gasteiger partial charge < -0.3 is 20.1 Å². The quantitative estimate of drug-likeness (QED) is 0.522. The van der Waals surface area contributed by atoms with Gasteiger partial charge >= 0.3 is 6.18 Å². The molecule has 0 amide bonds. The van der Waals surface area contributed by atoms with E-state index in [0.29, 0.717) is 37.3 Å². The van der Waals surface area contributed by atoms with Gasteiger partial charge in [0.1, 0.15) is 29.2 Å². The van der Waals surface area contributed by atoms with E-state index in [9.17, 15) is 18.3 Å². The number of halogens is 4. The number of nitrogens with zero attached hydrogens (tertiary/aromatic N) is 3. The molecule has 2 N–H and O–H groups in total. The van der Waals surface area contributed by atoms with Gasteiger partial charge in [-0.05, 0) is 26.0 Å². The molecule has 2 aromatic carbocycles. The Balaban J connectivity index is 1.84. The van der Waals surface area contributed by atoms with Crippen LogP contribution in [0.15, 0.2) is 24.5 Å². The van der Waals surface area contributed by atoms with E-state index in [1.54, 1.807) is 0 Å². The average Bonchev–Trinajstić information content (AvgIpc) is 2.75. The smallest absolute Gasteiger partial charge is 0.417 e. The lowest BCUT2D eigenvalue weighted by atomic mass is 9.91. The molecule has 2 aliphatic rings. The molecule has 1 aromatic heterocycles. The molecule has 0 aliphatic carbocycles. The first-order valence-electron chi connectivity index (χ1n) is 10.7. The Hall–Kier alpha value is -3.14. The van der Waals surface area contributed by atoms with Gasteiger partial charge in [0.2, 0.25) is 0 Å². The van der Waals surface area contributed by atoms with Crippen LogP contribution in [0.2, 0.25) is 0 Å². The number of rotatable bonds is 1. The first-order chi connectivity index (χ1) is 15.7. The van der Waals surface area contributed by atoms with E-state index >= 15 is 4.39 Å². The fourth-order valence-electron chi connectivity index (χ4n) is 4.84. The fourth-order valence-corrected chi connectivity index (χ4v) is 4.84. The van der Waals surface area contributed by atoms with E-state index in [1.165, 1.54) is 13.3 Å². The molecule has 5 rings (SSSR count). The minimum absolute atomic E-state index is 0.0745. The number of benzene rings is 2. The molecule has 0 unspecified atom stereocenters. The predicted octanol–water partition coefficient (Wildman–Crippen LogP) is 4.42. The highest BCUT2D eigenvalue weighted by atomic mass is 19.4. The maximum absolute atomic E-state index is 16.0. The summed E-state index contributed by atoms with van der Waals surface area (Å²) < 4.78 is 63.4. The Labute approximate surface area is 187 Å². The van der Waals surface area contributed by atoms with Crippen molar-refractivity contribution >= 4 is 16.7 Å². The van der Waals surface area contributed by atoms with Gasteiger partial charge in [-0.1, -0.05) is 6.07 Å². The van der Waals surface area contributed by atoms with E-state index in [-0.39, 0.29) is 34.5 Å². The topological polar surface area (TPSA) is 70.5 Å². The summed E-state index contributed by atoms with van der Waals surface area (Å²) in [6.07, 6.45) is -2.93. The number of aromatic hydroxyl groups is 1. The second kappa shape index (κ2) is 7.72. The Kier molecular flexibility index (Phi) is 5.08. The normalized spacial score (nSPS) is 20.7. The van der Waals surface area contributed by atoms with Gasteiger partial charge in [-0.25, -0.2) is 14.4 Å². The summed E-state index contributed by atoms with van der Waals surface area (Å²) in [5.41, 5.74) is -2.12. The van der Waals surface area contributed by atoms with Crippen molar-refractivity contribution in [2.45, 2.75) is 38.5 Å². The molecule has 174 valence electrons. The molecular formula is C23H22F4N4O2. The molecule has 1 fully saturated rings. The number of phenolic OH excluding ortho intramolecular Hbond substituents is 1. The van der Waals surface area contributed by atoms with Crippen LogP contribution in [-0.4, -0.2) is 46.9 Å². The van der Waals surface area contributed by atoms with E-state index in [1.807, 2.05) is 6.92 Å². The van der Waals surface area contributed by atoms with Crippen molar-refractivity contribution in [3.05, 3.63) is 41.5 Å². The number of aromatic nitrogens is 2. The molecule has 10 heteroatoms. The first kappa shape index (κ1) is 21.7. The van der Waals surface area contributed by atoms with Crippen molar-refractivity contribution in [2.75, 3.05) is 24.6 Å². The maximum atomic E-state index is 16.0.